The Kier molecular flexibility index (Phi) is 8.16. The SMILES string of the molecule is O=C(Nc1ccc(C(=O)N2CCC(C(=O)NCCc3ccccc3)CC2)cc1)c1ccc(Cl)cc1. The number of nitrogens with one attached hydrogen (secondary N) is 2. The molecule has 1 saturated heterocycles. The monoisotopic (exact) mass is 489 g/mol. The molecule has 180 valence electrons. The quantitative estimate of drug-likeness (QED) is 0.500. The predicted octanol–water partition coefficient (Wildman–Crippen LogP) is 4.80. The lowest BCUT2D eigenvalue weighted by atomic mass is 9.95. The van der Waals surface area contributed by atoms with E-state index in [9.17, 15) is 14.4 Å². The number of halogens is 1. The molecule has 1 fully saturated rings. The van der Waals surface area contributed by atoms with Crippen molar-refractivity contribution in [2.45, 2.75) is 19.3 Å². The molecule has 6 nitrogen and oxygen atoms in total. The van der Waals surface area contributed by atoms with Crippen LogP contribution in [0.3, 0.4) is 0 Å². The highest BCUT2D eigenvalue weighted by atomic mass is 35.5. The van der Waals surface area contributed by atoms with Crippen LogP contribution in [-0.2, 0) is 11.2 Å². The van der Waals surface area contributed by atoms with Crippen molar-refractivity contribution in [1.82, 2.24) is 10.2 Å². The third-order valence-electron chi connectivity index (χ3n) is 6.20. The second-order valence-corrected chi connectivity index (χ2v) is 9.07. The van der Waals surface area contributed by atoms with Crippen molar-refractivity contribution in [3.63, 3.8) is 0 Å². The normalized spacial score (nSPS) is 13.8. The molecular formula is C28H28ClN3O3. The van der Waals surface area contributed by atoms with Crippen molar-refractivity contribution in [3.8, 4) is 0 Å². The van der Waals surface area contributed by atoms with Crippen molar-refractivity contribution in [1.29, 1.82) is 0 Å². The van der Waals surface area contributed by atoms with Crippen LogP contribution in [0.25, 0.3) is 0 Å². The molecular weight excluding hydrogens is 462 g/mol. The Morgan fingerprint density at radius 2 is 1.46 bits per heavy atom. The number of carbonyl (C=O) groups is 3. The van der Waals surface area contributed by atoms with E-state index in [1.54, 1.807) is 53.4 Å². The van der Waals surface area contributed by atoms with Crippen LogP contribution in [0.5, 0.6) is 0 Å². The first-order chi connectivity index (χ1) is 17.0. The van der Waals surface area contributed by atoms with Crippen molar-refractivity contribution in [2.75, 3.05) is 25.0 Å². The first kappa shape index (κ1) is 24.5. The average molecular weight is 490 g/mol. The van der Waals surface area contributed by atoms with E-state index >= 15 is 0 Å². The van der Waals surface area contributed by atoms with Crippen molar-refractivity contribution in [2.24, 2.45) is 5.92 Å². The van der Waals surface area contributed by atoms with E-state index < -0.39 is 0 Å². The smallest absolute Gasteiger partial charge is 0.255 e. The summed E-state index contributed by atoms with van der Waals surface area (Å²) in [5.74, 6) is -0.317. The summed E-state index contributed by atoms with van der Waals surface area (Å²) in [4.78, 5) is 39.6. The van der Waals surface area contributed by atoms with E-state index in [4.69, 9.17) is 11.6 Å². The highest BCUT2D eigenvalue weighted by molar-refractivity contribution is 6.30. The van der Waals surface area contributed by atoms with E-state index in [1.807, 2.05) is 18.2 Å². The lowest BCUT2D eigenvalue weighted by Gasteiger charge is -2.31. The summed E-state index contributed by atoms with van der Waals surface area (Å²) < 4.78 is 0. The zero-order valence-corrected chi connectivity index (χ0v) is 20.1. The summed E-state index contributed by atoms with van der Waals surface area (Å²) >= 11 is 5.86. The van der Waals surface area contributed by atoms with Crippen molar-refractivity contribution < 1.29 is 14.4 Å². The van der Waals surface area contributed by atoms with Gasteiger partial charge in [0.2, 0.25) is 5.91 Å². The molecule has 2 N–H and O–H groups in total. The van der Waals surface area contributed by atoms with Crippen LogP contribution in [0.4, 0.5) is 5.69 Å². The third-order valence-corrected chi connectivity index (χ3v) is 6.46. The standard InChI is InChI=1S/C28H28ClN3O3/c29-24-10-6-21(7-11-24)27(34)31-25-12-8-23(9-13-25)28(35)32-18-15-22(16-19-32)26(33)30-17-14-20-4-2-1-3-5-20/h1-13,22H,14-19H2,(H,30,33)(H,31,34). The Hall–Kier alpha value is -3.64. The molecule has 35 heavy (non-hydrogen) atoms. The number of hydrogen-bond acceptors (Lipinski definition) is 3. The minimum Gasteiger partial charge on any atom is -0.356 e. The highest BCUT2D eigenvalue weighted by Gasteiger charge is 2.27. The van der Waals surface area contributed by atoms with E-state index in [0.29, 0.717) is 54.3 Å². The molecule has 3 amide bonds. The van der Waals surface area contributed by atoms with E-state index in [1.165, 1.54) is 5.56 Å². The maximum absolute atomic E-state index is 12.9. The van der Waals surface area contributed by atoms with E-state index in [-0.39, 0.29) is 23.6 Å². The molecule has 1 heterocycles. The fourth-order valence-corrected chi connectivity index (χ4v) is 4.27. The number of hydrogen-bond donors (Lipinski definition) is 2. The molecule has 0 aromatic heterocycles. The van der Waals surface area contributed by atoms with Gasteiger partial charge in [-0.05, 0) is 73.4 Å². The van der Waals surface area contributed by atoms with Crippen LogP contribution >= 0.6 is 11.6 Å². The maximum atomic E-state index is 12.9. The van der Waals surface area contributed by atoms with Crippen LogP contribution in [0.2, 0.25) is 5.02 Å². The molecule has 0 unspecified atom stereocenters. The fourth-order valence-electron chi connectivity index (χ4n) is 4.15. The Morgan fingerprint density at radius 3 is 2.11 bits per heavy atom. The summed E-state index contributed by atoms with van der Waals surface area (Å²) in [6.07, 6.45) is 2.11. The predicted molar refractivity (Wildman–Crippen MR) is 138 cm³/mol. The summed E-state index contributed by atoms with van der Waals surface area (Å²) in [7, 11) is 0. The van der Waals surface area contributed by atoms with Crippen LogP contribution < -0.4 is 10.6 Å². The minimum atomic E-state index is -0.245. The van der Waals surface area contributed by atoms with Gasteiger partial charge >= 0.3 is 0 Å². The van der Waals surface area contributed by atoms with Gasteiger partial charge in [-0.3, -0.25) is 14.4 Å². The Bertz CT molecular complexity index is 1160. The Balaban J connectivity index is 1.23. The summed E-state index contributed by atoms with van der Waals surface area (Å²) in [6.45, 7) is 1.71. The molecule has 7 heteroatoms. The van der Waals surface area contributed by atoms with Crippen LogP contribution in [0.1, 0.15) is 39.1 Å². The minimum absolute atomic E-state index is 0.0637. The number of piperidine rings is 1. The molecule has 1 aliphatic rings. The van der Waals surface area contributed by atoms with Crippen LogP contribution in [0, 0.1) is 5.92 Å². The maximum Gasteiger partial charge on any atom is 0.255 e. The number of anilines is 1. The van der Waals surface area contributed by atoms with Gasteiger partial charge in [-0.25, -0.2) is 0 Å². The molecule has 0 saturated carbocycles. The molecule has 0 bridgehead atoms. The van der Waals surface area contributed by atoms with E-state index in [2.05, 4.69) is 22.8 Å². The average Bonchev–Trinajstić information content (AvgIpc) is 2.90. The van der Waals surface area contributed by atoms with Gasteiger partial charge in [-0.15, -0.1) is 0 Å². The summed E-state index contributed by atoms with van der Waals surface area (Å²) in [5.41, 5.74) is 2.86. The highest BCUT2D eigenvalue weighted by Crippen LogP contribution is 2.20. The van der Waals surface area contributed by atoms with Gasteiger partial charge in [-0.2, -0.15) is 0 Å². The van der Waals surface area contributed by atoms with Gasteiger partial charge in [0.15, 0.2) is 0 Å². The molecule has 1 aliphatic heterocycles. The molecule has 3 aromatic carbocycles. The lowest BCUT2D eigenvalue weighted by Crippen LogP contribution is -2.43. The second-order valence-electron chi connectivity index (χ2n) is 8.63. The number of carbonyl (C=O) groups excluding carboxylic acids is 3. The van der Waals surface area contributed by atoms with Crippen LogP contribution in [-0.4, -0.2) is 42.3 Å². The van der Waals surface area contributed by atoms with Gasteiger partial charge < -0.3 is 15.5 Å². The first-order valence-electron chi connectivity index (χ1n) is 11.8. The topological polar surface area (TPSA) is 78.5 Å². The molecule has 0 radical (unpaired) electrons. The van der Waals surface area contributed by atoms with Gasteiger partial charge in [0.05, 0.1) is 0 Å². The number of rotatable bonds is 7. The molecule has 0 atom stereocenters. The van der Waals surface area contributed by atoms with E-state index in [0.717, 1.165) is 6.42 Å². The summed E-state index contributed by atoms with van der Waals surface area (Å²) in [6, 6.07) is 23.6. The van der Waals surface area contributed by atoms with Crippen molar-refractivity contribution in [3.05, 3.63) is 101 Å². The fraction of sp³-hybridized carbons (Fsp3) is 0.250. The largest absolute Gasteiger partial charge is 0.356 e. The summed E-state index contributed by atoms with van der Waals surface area (Å²) in [5, 5.41) is 6.41. The lowest BCUT2D eigenvalue weighted by molar-refractivity contribution is -0.126. The molecule has 3 aromatic rings. The second kappa shape index (κ2) is 11.7. The van der Waals surface area contributed by atoms with Gasteiger partial charge in [0.1, 0.15) is 0 Å². The number of nitrogens with zero attached hydrogens (tertiary/aromatic N) is 1. The zero-order valence-electron chi connectivity index (χ0n) is 19.4. The molecule has 4 rings (SSSR count). The first-order valence-corrected chi connectivity index (χ1v) is 12.2. The third kappa shape index (κ3) is 6.70. The number of likely N-dealkylation sites (tertiary alicyclic amines) is 1. The van der Waals surface area contributed by atoms with Gasteiger partial charge in [0, 0.05) is 47.4 Å². The molecule has 0 aliphatic carbocycles. The van der Waals surface area contributed by atoms with Gasteiger partial charge in [0.25, 0.3) is 11.8 Å². The number of amides is 3. The Labute approximate surface area is 210 Å². The van der Waals surface area contributed by atoms with Crippen molar-refractivity contribution >= 4 is 35.0 Å². The molecule has 0 spiro atoms. The Morgan fingerprint density at radius 1 is 0.829 bits per heavy atom. The van der Waals surface area contributed by atoms with Crippen LogP contribution in [0.15, 0.2) is 78.9 Å². The number of benzene rings is 3. The zero-order chi connectivity index (χ0) is 24.6. The van der Waals surface area contributed by atoms with Gasteiger partial charge in [-0.1, -0.05) is 41.9 Å².